The Kier molecular flexibility index (Phi) is 4.22. The highest BCUT2D eigenvalue weighted by atomic mass is 16.6. The van der Waals surface area contributed by atoms with Crippen LogP contribution in [-0.2, 0) is 6.54 Å². The van der Waals surface area contributed by atoms with E-state index in [-0.39, 0.29) is 30.0 Å². The van der Waals surface area contributed by atoms with Gasteiger partial charge in [0.1, 0.15) is 5.76 Å². The average Bonchev–Trinajstić information content (AvgIpc) is 3.21. The molecule has 4 aliphatic carbocycles. The minimum Gasteiger partial charge on any atom is -0.361 e. The highest BCUT2D eigenvalue weighted by Crippen LogP contribution is 2.53. The fourth-order valence-corrected chi connectivity index (χ4v) is 6.03. The number of nitrogens with one attached hydrogen (secondary N) is 1. The molecule has 9 nitrogen and oxygen atoms in total. The molecule has 2 heterocycles. The molecule has 9 heteroatoms. The van der Waals surface area contributed by atoms with Crippen LogP contribution >= 0.6 is 0 Å². The van der Waals surface area contributed by atoms with Crippen molar-refractivity contribution in [3.05, 3.63) is 38.9 Å². The highest BCUT2D eigenvalue weighted by Gasteiger charge is 2.48. The zero-order chi connectivity index (χ0) is 20.3. The third-order valence-corrected chi connectivity index (χ3v) is 7.19. The smallest absolute Gasteiger partial charge is 0.361 e. The molecule has 0 atom stereocenters. The number of carbonyl (C=O) groups excluding carboxylic acids is 1. The minimum absolute atomic E-state index is 0.208. The van der Waals surface area contributed by atoms with Crippen molar-refractivity contribution < 1.29 is 14.2 Å². The summed E-state index contributed by atoms with van der Waals surface area (Å²) in [6, 6.07) is 1.63. The Morgan fingerprint density at radius 1 is 1.24 bits per heavy atom. The van der Waals surface area contributed by atoms with Crippen molar-refractivity contribution in [2.75, 3.05) is 0 Å². The van der Waals surface area contributed by atoms with Crippen LogP contribution in [0.1, 0.15) is 59.6 Å². The second kappa shape index (κ2) is 6.67. The number of rotatable bonds is 5. The summed E-state index contributed by atoms with van der Waals surface area (Å²) in [7, 11) is 0. The van der Waals surface area contributed by atoms with Gasteiger partial charge in [0, 0.05) is 6.04 Å². The van der Waals surface area contributed by atoms with E-state index in [1.54, 1.807) is 13.8 Å². The van der Waals surface area contributed by atoms with Crippen molar-refractivity contribution in [1.82, 2.24) is 20.3 Å². The lowest BCUT2D eigenvalue weighted by molar-refractivity contribution is -0.389. The van der Waals surface area contributed by atoms with Crippen molar-refractivity contribution in [3.63, 3.8) is 0 Å². The van der Waals surface area contributed by atoms with Crippen LogP contribution in [0.4, 0.5) is 5.82 Å². The third kappa shape index (κ3) is 3.12. The first-order valence-electron chi connectivity index (χ1n) is 10.3. The van der Waals surface area contributed by atoms with Gasteiger partial charge in [-0.15, -0.1) is 0 Å². The van der Waals surface area contributed by atoms with Gasteiger partial charge in [-0.25, -0.2) is 0 Å². The summed E-state index contributed by atoms with van der Waals surface area (Å²) in [6.45, 7) is 3.70. The lowest BCUT2D eigenvalue weighted by Crippen LogP contribution is -2.55. The maximum Gasteiger partial charge on any atom is 0.390 e. The van der Waals surface area contributed by atoms with Gasteiger partial charge >= 0.3 is 5.82 Å². The number of aromatic nitrogens is 3. The molecule has 0 unspecified atom stereocenters. The molecule has 0 aliphatic heterocycles. The Hall–Kier alpha value is -2.71. The molecular weight excluding hydrogens is 374 g/mol. The summed E-state index contributed by atoms with van der Waals surface area (Å²) >= 11 is 0. The van der Waals surface area contributed by atoms with Crippen LogP contribution in [0.3, 0.4) is 0 Å². The summed E-state index contributed by atoms with van der Waals surface area (Å²) < 4.78 is 6.82. The minimum atomic E-state index is -0.524. The fraction of sp³-hybridized carbons (Fsp3) is 0.650. The molecule has 4 bridgehead atoms. The van der Waals surface area contributed by atoms with Crippen LogP contribution in [-0.4, -0.2) is 31.8 Å². The third-order valence-electron chi connectivity index (χ3n) is 7.19. The second-order valence-electron chi connectivity index (χ2n) is 9.05. The van der Waals surface area contributed by atoms with Gasteiger partial charge < -0.3 is 20.0 Å². The quantitative estimate of drug-likeness (QED) is 0.610. The molecule has 0 radical (unpaired) electrons. The van der Waals surface area contributed by atoms with E-state index in [2.05, 4.69) is 15.6 Å². The van der Waals surface area contributed by atoms with Gasteiger partial charge in [-0.2, -0.15) is 4.68 Å². The van der Waals surface area contributed by atoms with E-state index in [0.29, 0.717) is 28.9 Å². The maximum absolute atomic E-state index is 13.1. The van der Waals surface area contributed by atoms with Gasteiger partial charge in [-0.3, -0.25) is 4.79 Å². The van der Waals surface area contributed by atoms with Crippen LogP contribution < -0.4 is 5.32 Å². The molecular formula is C20H25N5O4. The number of hydrogen-bond acceptors (Lipinski definition) is 6. The van der Waals surface area contributed by atoms with Crippen molar-refractivity contribution in [2.24, 2.45) is 23.7 Å². The summed E-state index contributed by atoms with van der Waals surface area (Å²) in [6.07, 6.45) is 6.25. The molecule has 4 saturated carbocycles. The molecule has 4 fully saturated rings. The van der Waals surface area contributed by atoms with Gasteiger partial charge in [0.15, 0.2) is 5.69 Å². The number of aryl methyl sites for hydroxylation is 2. The van der Waals surface area contributed by atoms with E-state index in [0.717, 1.165) is 11.8 Å². The molecule has 1 N–H and O–H groups in total. The van der Waals surface area contributed by atoms with Crippen molar-refractivity contribution in [3.8, 4) is 0 Å². The van der Waals surface area contributed by atoms with E-state index in [1.165, 1.54) is 42.9 Å². The number of hydrogen-bond donors (Lipinski definition) is 1. The normalized spacial score (nSPS) is 29.9. The van der Waals surface area contributed by atoms with E-state index >= 15 is 0 Å². The molecule has 0 saturated heterocycles. The van der Waals surface area contributed by atoms with E-state index < -0.39 is 4.92 Å². The van der Waals surface area contributed by atoms with Crippen LogP contribution in [0.15, 0.2) is 10.6 Å². The summed E-state index contributed by atoms with van der Waals surface area (Å²) in [4.78, 5) is 23.6. The standard InChI is InChI=1S/C20H25N5O4/c1-10-3-17(25(27)28)22-24(10)9-16-11(2)29-23-19(16)20(26)21-18-14-5-12-4-13(7-14)8-15(18)6-12/h3,12-15,18H,4-9H2,1-2H3,(H,21,26). The first-order chi connectivity index (χ1) is 13.9. The van der Waals surface area contributed by atoms with Crippen molar-refractivity contribution in [2.45, 2.75) is 58.5 Å². The van der Waals surface area contributed by atoms with Gasteiger partial charge in [-0.05, 0) is 74.5 Å². The van der Waals surface area contributed by atoms with Crippen LogP contribution in [0.2, 0.25) is 0 Å². The van der Waals surface area contributed by atoms with Crippen LogP contribution in [0, 0.1) is 47.6 Å². The topological polar surface area (TPSA) is 116 Å². The van der Waals surface area contributed by atoms with Gasteiger partial charge in [-0.1, -0.05) is 5.16 Å². The molecule has 1 amide bonds. The van der Waals surface area contributed by atoms with Crippen molar-refractivity contribution in [1.29, 1.82) is 0 Å². The zero-order valence-electron chi connectivity index (χ0n) is 16.6. The molecule has 29 heavy (non-hydrogen) atoms. The molecule has 6 rings (SSSR count). The molecule has 0 spiro atoms. The highest BCUT2D eigenvalue weighted by molar-refractivity contribution is 5.94. The molecule has 154 valence electrons. The lowest BCUT2D eigenvalue weighted by atomic mass is 9.54. The predicted octanol–water partition coefficient (Wildman–Crippen LogP) is 3.00. The predicted molar refractivity (Wildman–Crippen MR) is 102 cm³/mol. The zero-order valence-corrected chi connectivity index (χ0v) is 16.6. The number of nitro groups is 1. The number of nitrogens with zero attached hydrogens (tertiary/aromatic N) is 4. The maximum atomic E-state index is 13.1. The largest absolute Gasteiger partial charge is 0.390 e. The Labute approximate surface area is 168 Å². The summed E-state index contributed by atoms with van der Waals surface area (Å²) in [5, 5.41) is 22.3. The number of carbonyl (C=O) groups is 1. The second-order valence-corrected chi connectivity index (χ2v) is 9.05. The summed E-state index contributed by atoms with van der Waals surface area (Å²) in [5.41, 5.74) is 1.52. The van der Waals surface area contributed by atoms with Gasteiger partial charge in [0.05, 0.1) is 29.0 Å². The SMILES string of the molecule is Cc1onc(C(=O)NC2C3CC4CC(C3)CC2C4)c1Cn1nc([N+](=O)[O-])cc1C. The molecule has 2 aromatic heterocycles. The summed E-state index contributed by atoms with van der Waals surface area (Å²) in [5.74, 6) is 2.93. The Balaban J connectivity index is 1.36. The first kappa shape index (κ1) is 18.3. The van der Waals surface area contributed by atoms with Crippen molar-refractivity contribution >= 4 is 11.7 Å². The van der Waals surface area contributed by atoms with Gasteiger partial charge in [0.25, 0.3) is 5.91 Å². The Bertz CT molecular complexity index is 950. The molecule has 2 aromatic rings. The monoisotopic (exact) mass is 399 g/mol. The lowest BCUT2D eigenvalue weighted by Gasteiger charge is -2.54. The number of amides is 1. The van der Waals surface area contributed by atoms with Crippen LogP contribution in [0.25, 0.3) is 0 Å². The van der Waals surface area contributed by atoms with Gasteiger partial charge in [0.2, 0.25) is 0 Å². The Morgan fingerprint density at radius 3 is 2.48 bits per heavy atom. The molecule has 0 aromatic carbocycles. The fourth-order valence-electron chi connectivity index (χ4n) is 6.03. The Morgan fingerprint density at radius 2 is 1.90 bits per heavy atom. The average molecular weight is 399 g/mol. The van der Waals surface area contributed by atoms with E-state index in [1.807, 2.05) is 0 Å². The van der Waals surface area contributed by atoms with Crippen LogP contribution in [0.5, 0.6) is 0 Å². The van der Waals surface area contributed by atoms with E-state index in [9.17, 15) is 14.9 Å². The van der Waals surface area contributed by atoms with E-state index in [4.69, 9.17) is 4.52 Å². The molecule has 4 aliphatic rings. The first-order valence-corrected chi connectivity index (χ1v) is 10.3.